The van der Waals surface area contributed by atoms with E-state index in [0.29, 0.717) is 19.1 Å². The number of aryl methyl sites for hydroxylation is 1. The first-order valence-electron chi connectivity index (χ1n) is 11.1. The van der Waals surface area contributed by atoms with Gasteiger partial charge in [0.15, 0.2) is 0 Å². The third-order valence-electron chi connectivity index (χ3n) is 5.59. The summed E-state index contributed by atoms with van der Waals surface area (Å²) >= 11 is 0. The van der Waals surface area contributed by atoms with E-state index >= 15 is 0 Å². The smallest absolute Gasteiger partial charge is 0.133 e. The van der Waals surface area contributed by atoms with Crippen LogP contribution in [0.4, 0.5) is 0 Å². The molecule has 4 nitrogen and oxygen atoms in total. The number of aromatic nitrogens is 2. The predicted molar refractivity (Wildman–Crippen MR) is 132 cm³/mol. The van der Waals surface area contributed by atoms with Crippen LogP contribution >= 0.6 is 0 Å². The SMILES string of the molecule is COc1ccc(/C=C/c2nc3ccccc3n2CCOc2cc(C)ccc2C(C)C)cc1. The van der Waals surface area contributed by atoms with Crippen LogP contribution in [0.5, 0.6) is 11.5 Å². The highest BCUT2D eigenvalue weighted by atomic mass is 16.5. The van der Waals surface area contributed by atoms with Crippen molar-refractivity contribution in [3.05, 3.63) is 89.2 Å². The molecule has 0 amide bonds. The molecule has 0 aliphatic carbocycles. The standard InChI is InChI=1S/C28H30N2O2/c1-20(2)24-15-9-21(3)19-27(24)32-18-17-30-26-8-6-5-7-25(26)29-28(30)16-12-22-10-13-23(31-4)14-11-22/h5-16,19-20H,17-18H2,1-4H3/b16-12+. The van der Waals surface area contributed by atoms with Crippen LogP contribution in [0.25, 0.3) is 23.2 Å². The summed E-state index contributed by atoms with van der Waals surface area (Å²) < 4.78 is 13.7. The van der Waals surface area contributed by atoms with Crippen molar-refractivity contribution in [2.24, 2.45) is 0 Å². The van der Waals surface area contributed by atoms with Crippen molar-refractivity contribution in [3.8, 4) is 11.5 Å². The van der Waals surface area contributed by atoms with Gasteiger partial charge in [-0.05, 0) is 65.9 Å². The Morgan fingerprint density at radius 2 is 1.75 bits per heavy atom. The Morgan fingerprint density at radius 1 is 0.969 bits per heavy atom. The zero-order chi connectivity index (χ0) is 22.5. The van der Waals surface area contributed by atoms with Gasteiger partial charge in [-0.25, -0.2) is 4.98 Å². The van der Waals surface area contributed by atoms with Crippen LogP contribution in [0.1, 0.15) is 42.3 Å². The monoisotopic (exact) mass is 426 g/mol. The molecular formula is C28H30N2O2. The summed E-state index contributed by atoms with van der Waals surface area (Å²) in [6, 6.07) is 22.7. The molecule has 0 N–H and O–H groups in total. The fourth-order valence-corrected chi connectivity index (χ4v) is 3.83. The second-order valence-corrected chi connectivity index (χ2v) is 8.26. The van der Waals surface area contributed by atoms with Crippen molar-refractivity contribution in [1.29, 1.82) is 0 Å². The number of fused-ring (bicyclic) bond motifs is 1. The number of para-hydroxylation sites is 2. The lowest BCUT2D eigenvalue weighted by Gasteiger charge is -2.15. The number of hydrogen-bond acceptors (Lipinski definition) is 3. The fraction of sp³-hybridized carbons (Fsp3) is 0.250. The summed E-state index contributed by atoms with van der Waals surface area (Å²) in [5.74, 6) is 3.16. The molecule has 0 saturated heterocycles. The summed E-state index contributed by atoms with van der Waals surface area (Å²) in [5, 5.41) is 0. The third-order valence-corrected chi connectivity index (χ3v) is 5.59. The lowest BCUT2D eigenvalue weighted by Crippen LogP contribution is -2.11. The number of hydrogen-bond donors (Lipinski definition) is 0. The highest BCUT2D eigenvalue weighted by molar-refractivity contribution is 5.79. The largest absolute Gasteiger partial charge is 0.497 e. The van der Waals surface area contributed by atoms with Gasteiger partial charge in [-0.15, -0.1) is 0 Å². The Balaban J connectivity index is 1.57. The van der Waals surface area contributed by atoms with Gasteiger partial charge < -0.3 is 14.0 Å². The molecule has 4 heteroatoms. The zero-order valence-corrected chi connectivity index (χ0v) is 19.2. The van der Waals surface area contributed by atoms with E-state index in [0.717, 1.165) is 33.9 Å². The van der Waals surface area contributed by atoms with Crippen molar-refractivity contribution in [2.45, 2.75) is 33.2 Å². The minimum atomic E-state index is 0.419. The normalized spacial score (nSPS) is 11.5. The van der Waals surface area contributed by atoms with E-state index in [-0.39, 0.29) is 0 Å². The molecule has 4 aromatic rings. The maximum atomic E-state index is 6.26. The minimum absolute atomic E-state index is 0.419. The summed E-state index contributed by atoms with van der Waals surface area (Å²) in [6.45, 7) is 7.79. The first kappa shape index (κ1) is 21.7. The molecule has 0 aliphatic rings. The van der Waals surface area contributed by atoms with Gasteiger partial charge in [-0.1, -0.05) is 56.3 Å². The Bertz CT molecular complexity index is 1220. The molecule has 164 valence electrons. The number of nitrogens with zero attached hydrogens (tertiary/aromatic N) is 2. The number of ether oxygens (including phenoxy) is 2. The second-order valence-electron chi connectivity index (χ2n) is 8.26. The van der Waals surface area contributed by atoms with Gasteiger partial charge in [0, 0.05) is 0 Å². The van der Waals surface area contributed by atoms with Gasteiger partial charge in [0.1, 0.15) is 23.9 Å². The third kappa shape index (κ3) is 4.86. The Hall–Kier alpha value is -3.53. The molecule has 1 heterocycles. The molecule has 0 atom stereocenters. The summed E-state index contributed by atoms with van der Waals surface area (Å²) in [6.07, 6.45) is 4.14. The van der Waals surface area contributed by atoms with E-state index in [4.69, 9.17) is 14.5 Å². The van der Waals surface area contributed by atoms with E-state index in [1.807, 2.05) is 30.3 Å². The molecule has 0 spiro atoms. The molecule has 1 aromatic heterocycles. The van der Waals surface area contributed by atoms with Gasteiger partial charge in [-0.3, -0.25) is 0 Å². The minimum Gasteiger partial charge on any atom is -0.497 e. The molecule has 0 radical (unpaired) electrons. The lowest BCUT2D eigenvalue weighted by molar-refractivity contribution is 0.295. The number of methoxy groups -OCH3 is 1. The lowest BCUT2D eigenvalue weighted by atomic mass is 10.0. The van der Waals surface area contributed by atoms with Crippen LogP contribution < -0.4 is 9.47 Å². The van der Waals surface area contributed by atoms with Gasteiger partial charge in [0.25, 0.3) is 0 Å². The molecular weight excluding hydrogens is 396 g/mol. The molecule has 0 fully saturated rings. The Labute approximate surface area is 190 Å². The van der Waals surface area contributed by atoms with Crippen LogP contribution in [0, 0.1) is 6.92 Å². The van der Waals surface area contributed by atoms with E-state index in [9.17, 15) is 0 Å². The Kier molecular flexibility index (Phi) is 6.60. The number of rotatable bonds is 8. The first-order valence-corrected chi connectivity index (χ1v) is 11.1. The molecule has 0 saturated carbocycles. The van der Waals surface area contributed by atoms with Crippen LogP contribution in [0.15, 0.2) is 66.7 Å². The van der Waals surface area contributed by atoms with Crippen molar-refractivity contribution in [3.63, 3.8) is 0 Å². The highest BCUT2D eigenvalue weighted by Gasteiger charge is 2.11. The van der Waals surface area contributed by atoms with Crippen molar-refractivity contribution in [1.82, 2.24) is 9.55 Å². The zero-order valence-electron chi connectivity index (χ0n) is 19.2. The summed E-state index contributed by atoms with van der Waals surface area (Å²) in [5.41, 5.74) is 5.65. The average Bonchev–Trinajstić information content (AvgIpc) is 3.15. The first-order chi connectivity index (χ1) is 15.5. The maximum Gasteiger partial charge on any atom is 0.133 e. The molecule has 4 rings (SSSR count). The summed E-state index contributed by atoms with van der Waals surface area (Å²) in [7, 11) is 1.68. The highest BCUT2D eigenvalue weighted by Crippen LogP contribution is 2.28. The van der Waals surface area contributed by atoms with Gasteiger partial charge in [-0.2, -0.15) is 0 Å². The van der Waals surface area contributed by atoms with Gasteiger partial charge in [0.2, 0.25) is 0 Å². The number of benzene rings is 3. The van der Waals surface area contributed by atoms with E-state index in [1.165, 1.54) is 11.1 Å². The topological polar surface area (TPSA) is 36.3 Å². The van der Waals surface area contributed by atoms with Crippen molar-refractivity contribution < 1.29 is 9.47 Å². The quantitative estimate of drug-likeness (QED) is 0.313. The molecule has 0 aliphatic heterocycles. The van der Waals surface area contributed by atoms with E-state index in [1.54, 1.807) is 7.11 Å². The van der Waals surface area contributed by atoms with Crippen LogP contribution in [0.2, 0.25) is 0 Å². The van der Waals surface area contributed by atoms with Crippen molar-refractivity contribution in [2.75, 3.05) is 13.7 Å². The van der Waals surface area contributed by atoms with Gasteiger partial charge >= 0.3 is 0 Å². The van der Waals surface area contributed by atoms with Gasteiger partial charge in [0.05, 0.1) is 24.7 Å². The molecule has 0 unspecified atom stereocenters. The maximum absolute atomic E-state index is 6.26. The average molecular weight is 427 g/mol. The van der Waals surface area contributed by atoms with E-state index < -0.39 is 0 Å². The van der Waals surface area contributed by atoms with Crippen molar-refractivity contribution >= 4 is 23.2 Å². The molecule has 32 heavy (non-hydrogen) atoms. The predicted octanol–water partition coefficient (Wildman–Crippen LogP) is 6.73. The van der Waals surface area contributed by atoms with Crippen LogP contribution in [0.3, 0.4) is 0 Å². The van der Waals surface area contributed by atoms with E-state index in [2.05, 4.69) is 73.9 Å². The summed E-state index contributed by atoms with van der Waals surface area (Å²) in [4.78, 5) is 4.84. The molecule has 3 aromatic carbocycles. The molecule has 0 bridgehead atoms. The van der Waals surface area contributed by atoms with Crippen LogP contribution in [-0.2, 0) is 6.54 Å². The fourth-order valence-electron chi connectivity index (χ4n) is 3.83. The second kappa shape index (κ2) is 9.73. The number of imidazole rings is 1. The Morgan fingerprint density at radius 3 is 2.50 bits per heavy atom. The van der Waals surface area contributed by atoms with Crippen LogP contribution in [-0.4, -0.2) is 23.3 Å².